The Morgan fingerprint density at radius 1 is 1.50 bits per heavy atom. The lowest BCUT2D eigenvalue weighted by Gasteiger charge is -2.14. The Morgan fingerprint density at radius 3 is 2.83 bits per heavy atom. The summed E-state index contributed by atoms with van der Waals surface area (Å²) >= 11 is 0. The predicted octanol–water partition coefficient (Wildman–Crippen LogP) is 1.12. The minimum atomic E-state index is -0.839. The maximum Gasteiger partial charge on any atom is 0.163 e. The molecule has 2 aromatic rings. The SMILES string of the molecule is CCCn1ncc(OC)c1C(O)c1nccn1C. The largest absolute Gasteiger partial charge is 0.493 e. The number of ether oxygens (including phenoxy) is 1. The zero-order chi connectivity index (χ0) is 13.1. The first-order valence-electron chi connectivity index (χ1n) is 5.94. The number of hydrogen-bond acceptors (Lipinski definition) is 4. The summed E-state index contributed by atoms with van der Waals surface area (Å²) in [5, 5.41) is 14.7. The Bertz CT molecular complexity index is 518. The highest BCUT2D eigenvalue weighted by molar-refractivity contribution is 5.31. The number of aryl methyl sites for hydroxylation is 2. The van der Waals surface area contributed by atoms with Gasteiger partial charge in [-0.15, -0.1) is 0 Å². The van der Waals surface area contributed by atoms with E-state index in [0.29, 0.717) is 17.3 Å². The third-order valence-electron chi connectivity index (χ3n) is 2.86. The van der Waals surface area contributed by atoms with Crippen molar-refractivity contribution >= 4 is 0 Å². The van der Waals surface area contributed by atoms with Gasteiger partial charge in [-0.2, -0.15) is 5.10 Å². The maximum atomic E-state index is 10.4. The zero-order valence-corrected chi connectivity index (χ0v) is 10.9. The number of aliphatic hydroxyl groups is 1. The Balaban J connectivity index is 2.42. The van der Waals surface area contributed by atoms with E-state index in [9.17, 15) is 5.11 Å². The van der Waals surface area contributed by atoms with E-state index < -0.39 is 6.10 Å². The van der Waals surface area contributed by atoms with Crippen LogP contribution in [0.5, 0.6) is 5.75 Å². The lowest BCUT2D eigenvalue weighted by Crippen LogP contribution is -2.14. The van der Waals surface area contributed by atoms with Crippen LogP contribution in [0.4, 0.5) is 0 Å². The standard InChI is InChI=1S/C12H18N4O2/c1-4-6-16-10(9(18-3)8-14-16)11(17)12-13-5-7-15(12)2/h5,7-8,11,17H,4,6H2,1-3H3. The number of aromatic nitrogens is 4. The van der Waals surface area contributed by atoms with E-state index >= 15 is 0 Å². The Hall–Kier alpha value is -1.82. The summed E-state index contributed by atoms with van der Waals surface area (Å²) in [5.41, 5.74) is 0.647. The van der Waals surface area contributed by atoms with E-state index in [1.807, 2.05) is 7.05 Å². The van der Waals surface area contributed by atoms with Crippen LogP contribution in [0.25, 0.3) is 0 Å². The molecule has 1 N–H and O–H groups in total. The molecule has 0 fully saturated rings. The highest BCUT2D eigenvalue weighted by Crippen LogP contribution is 2.28. The molecule has 0 amide bonds. The first-order chi connectivity index (χ1) is 8.69. The normalized spacial score (nSPS) is 12.7. The summed E-state index contributed by atoms with van der Waals surface area (Å²) in [7, 11) is 3.42. The highest BCUT2D eigenvalue weighted by atomic mass is 16.5. The fourth-order valence-electron chi connectivity index (χ4n) is 1.96. The van der Waals surface area contributed by atoms with Crippen LogP contribution >= 0.6 is 0 Å². The third-order valence-corrected chi connectivity index (χ3v) is 2.86. The van der Waals surface area contributed by atoms with Gasteiger partial charge in [0.2, 0.25) is 0 Å². The first kappa shape index (κ1) is 12.6. The van der Waals surface area contributed by atoms with Crippen LogP contribution < -0.4 is 4.74 Å². The van der Waals surface area contributed by atoms with Crippen LogP contribution in [-0.4, -0.2) is 31.5 Å². The molecule has 0 spiro atoms. The molecule has 0 aliphatic heterocycles. The van der Waals surface area contributed by atoms with Gasteiger partial charge in [0.05, 0.1) is 13.3 Å². The molecule has 0 aliphatic rings. The van der Waals surface area contributed by atoms with Gasteiger partial charge in [0, 0.05) is 26.0 Å². The number of imidazole rings is 1. The molecule has 6 heteroatoms. The molecule has 6 nitrogen and oxygen atoms in total. The van der Waals surface area contributed by atoms with Crippen molar-refractivity contribution in [2.45, 2.75) is 26.0 Å². The molecule has 2 aromatic heterocycles. The van der Waals surface area contributed by atoms with Gasteiger partial charge in [0.15, 0.2) is 11.9 Å². The maximum absolute atomic E-state index is 10.4. The van der Waals surface area contributed by atoms with Crippen LogP contribution in [0.2, 0.25) is 0 Å². The first-order valence-corrected chi connectivity index (χ1v) is 5.94. The van der Waals surface area contributed by atoms with Crippen LogP contribution in [0.15, 0.2) is 18.6 Å². The van der Waals surface area contributed by atoms with Gasteiger partial charge in [0.25, 0.3) is 0 Å². The second-order valence-electron chi connectivity index (χ2n) is 4.12. The Morgan fingerprint density at radius 2 is 2.28 bits per heavy atom. The van der Waals surface area contributed by atoms with Gasteiger partial charge in [0.1, 0.15) is 11.5 Å². The molecule has 0 bridgehead atoms. The molecule has 0 aromatic carbocycles. The van der Waals surface area contributed by atoms with Crippen molar-refractivity contribution in [1.82, 2.24) is 19.3 Å². The fraction of sp³-hybridized carbons (Fsp3) is 0.500. The molecular weight excluding hydrogens is 232 g/mol. The Labute approximate surface area is 106 Å². The number of methoxy groups -OCH3 is 1. The summed E-state index contributed by atoms with van der Waals surface area (Å²) in [4.78, 5) is 4.16. The molecule has 0 aliphatic carbocycles. The van der Waals surface area contributed by atoms with Crippen LogP contribution in [0.1, 0.15) is 31.0 Å². The fourth-order valence-corrected chi connectivity index (χ4v) is 1.96. The topological polar surface area (TPSA) is 65.1 Å². The van der Waals surface area contributed by atoms with E-state index in [2.05, 4.69) is 17.0 Å². The van der Waals surface area contributed by atoms with Crippen molar-refractivity contribution in [2.24, 2.45) is 7.05 Å². The summed E-state index contributed by atoms with van der Waals surface area (Å²) in [5.74, 6) is 1.16. The number of hydrogen-bond donors (Lipinski definition) is 1. The predicted molar refractivity (Wildman–Crippen MR) is 66.3 cm³/mol. The molecule has 98 valence electrons. The number of aliphatic hydroxyl groups excluding tert-OH is 1. The van der Waals surface area contributed by atoms with Crippen molar-refractivity contribution in [3.05, 3.63) is 30.1 Å². The van der Waals surface area contributed by atoms with E-state index in [4.69, 9.17) is 4.74 Å². The smallest absolute Gasteiger partial charge is 0.163 e. The molecule has 1 atom stereocenters. The highest BCUT2D eigenvalue weighted by Gasteiger charge is 2.24. The third kappa shape index (κ3) is 2.11. The molecule has 0 saturated carbocycles. The van der Waals surface area contributed by atoms with Crippen LogP contribution in [0.3, 0.4) is 0 Å². The average molecular weight is 250 g/mol. The summed E-state index contributed by atoms with van der Waals surface area (Å²) < 4.78 is 8.80. The second-order valence-corrected chi connectivity index (χ2v) is 4.12. The van der Waals surface area contributed by atoms with E-state index in [0.717, 1.165) is 13.0 Å². The number of rotatable bonds is 5. The number of nitrogens with zero attached hydrogens (tertiary/aromatic N) is 4. The van der Waals surface area contributed by atoms with E-state index in [-0.39, 0.29) is 0 Å². The Kier molecular flexibility index (Phi) is 3.66. The molecular formula is C12H18N4O2. The van der Waals surface area contributed by atoms with Crippen molar-refractivity contribution in [1.29, 1.82) is 0 Å². The molecule has 0 saturated heterocycles. The average Bonchev–Trinajstić information content (AvgIpc) is 2.95. The van der Waals surface area contributed by atoms with Crippen LogP contribution in [0, 0.1) is 0 Å². The second kappa shape index (κ2) is 5.22. The lowest BCUT2D eigenvalue weighted by atomic mass is 10.2. The molecule has 1 unspecified atom stereocenters. The van der Waals surface area contributed by atoms with Gasteiger partial charge in [-0.3, -0.25) is 4.68 Å². The van der Waals surface area contributed by atoms with Gasteiger partial charge < -0.3 is 14.4 Å². The van der Waals surface area contributed by atoms with Crippen molar-refractivity contribution in [3.8, 4) is 5.75 Å². The lowest BCUT2D eigenvalue weighted by molar-refractivity contribution is 0.189. The zero-order valence-electron chi connectivity index (χ0n) is 10.9. The minimum Gasteiger partial charge on any atom is -0.493 e. The summed E-state index contributed by atoms with van der Waals surface area (Å²) in [6.45, 7) is 2.80. The molecule has 0 radical (unpaired) electrons. The summed E-state index contributed by atoms with van der Waals surface area (Å²) in [6, 6.07) is 0. The quantitative estimate of drug-likeness (QED) is 0.863. The van der Waals surface area contributed by atoms with Crippen LogP contribution in [-0.2, 0) is 13.6 Å². The van der Waals surface area contributed by atoms with Crippen molar-refractivity contribution in [2.75, 3.05) is 7.11 Å². The summed E-state index contributed by atoms with van der Waals surface area (Å²) in [6.07, 6.45) is 5.17. The van der Waals surface area contributed by atoms with Gasteiger partial charge in [-0.05, 0) is 6.42 Å². The van der Waals surface area contributed by atoms with Gasteiger partial charge in [-0.25, -0.2) is 4.98 Å². The van der Waals surface area contributed by atoms with Gasteiger partial charge in [-0.1, -0.05) is 6.92 Å². The van der Waals surface area contributed by atoms with Crippen molar-refractivity contribution in [3.63, 3.8) is 0 Å². The molecule has 2 rings (SSSR count). The monoisotopic (exact) mass is 250 g/mol. The molecule has 2 heterocycles. The van der Waals surface area contributed by atoms with E-state index in [1.165, 1.54) is 0 Å². The van der Waals surface area contributed by atoms with Gasteiger partial charge >= 0.3 is 0 Å². The minimum absolute atomic E-state index is 0.575. The molecule has 18 heavy (non-hydrogen) atoms. The van der Waals surface area contributed by atoms with Crippen molar-refractivity contribution < 1.29 is 9.84 Å². The van der Waals surface area contributed by atoms with E-state index in [1.54, 1.807) is 34.9 Å².